The van der Waals surface area contributed by atoms with Crippen LogP contribution in [0.25, 0.3) is 10.7 Å². The molecule has 0 aliphatic heterocycles. The number of hydrogen-bond donors (Lipinski definition) is 1. The second-order valence-electron chi connectivity index (χ2n) is 5.44. The molecule has 0 saturated heterocycles. The van der Waals surface area contributed by atoms with Crippen LogP contribution in [0.15, 0.2) is 15.9 Å². The van der Waals surface area contributed by atoms with E-state index >= 15 is 0 Å². The van der Waals surface area contributed by atoms with Crippen molar-refractivity contribution in [2.45, 2.75) is 45.4 Å². The van der Waals surface area contributed by atoms with Crippen LogP contribution in [-0.2, 0) is 12.8 Å². The van der Waals surface area contributed by atoms with Crippen molar-refractivity contribution in [2.75, 3.05) is 11.9 Å². The first kappa shape index (κ1) is 15.0. The van der Waals surface area contributed by atoms with Gasteiger partial charge in [-0.1, -0.05) is 13.3 Å². The van der Waals surface area contributed by atoms with Crippen LogP contribution in [-0.4, -0.2) is 16.5 Å². The van der Waals surface area contributed by atoms with Crippen molar-refractivity contribution in [2.24, 2.45) is 0 Å². The lowest BCUT2D eigenvalue weighted by atomic mass is 10.1. The van der Waals surface area contributed by atoms with Gasteiger partial charge in [0.1, 0.15) is 5.82 Å². The number of thiophene rings is 1. The zero-order valence-electron chi connectivity index (χ0n) is 12.3. The lowest BCUT2D eigenvalue weighted by Crippen LogP contribution is -2.10. The third-order valence-corrected chi connectivity index (χ3v) is 5.45. The highest BCUT2D eigenvalue weighted by atomic mass is 79.9. The molecule has 5 heteroatoms. The van der Waals surface area contributed by atoms with Crippen LogP contribution in [0.5, 0.6) is 0 Å². The van der Waals surface area contributed by atoms with Crippen LogP contribution in [0, 0.1) is 0 Å². The summed E-state index contributed by atoms with van der Waals surface area (Å²) in [4.78, 5) is 10.8. The molecule has 0 bridgehead atoms. The molecule has 0 aromatic carbocycles. The molecule has 2 aromatic rings. The van der Waals surface area contributed by atoms with E-state index in [1.165, 1.54) is 30.5 Å². The largest absolute Gasteiger partial charge is 0.370 e. The van der Waals surface area contributed by atoms with Crippen LogP contribution in [0.3, 0.4) is 0 Å². The fourth-order valence-electron chi connectivity index (χ4n) is 2.70. The van der Waals surface area contributed by atoms with Gasteiger partial charge in [0, 0.05) is 27.7 Å². The summed E-state index contributed by atoms with van der Waals surface area (Å²) in [5.41, 5.74) is 2.60. The number of aromatic nitrogens is 2. The van der Waals surface area contributed by atoms with Gasteiger partial charge in [-0.05, 0) is 54.1 Å². The smallest absolute Gasteiger partial charge is 0.171 e. The number of rotatable bonds is 4. The average Bonchev–Trinajstić information content (AvgIpc) is 2.78. The van der Waals surface area contributed by atoms with Crippen molar-refractivity contribution in [3.05, 3.63) is 27.2 Å². The maximum absolute atomic E-state index is 4.86. The summed E-state index contributed by atoms with van der Waals surface area (Å²) in [6.07, 6.45) is 7.09. The number of nitrogens with zero attached hydrogens (tertiary/aromatic N) is 2. The number of aryl methyl sites for hydroxylation is 1. The van der Waals surface area contributed by atoms with E-state index in [9.17, 15) is 0 Å². The van der Waals surface area contributed by atoms with E-state index in [0.717, 1.165) is 46.8 Å². The van der Waals surface area contributed by atoms with Gasteiger partial charge in [0.15, 0.2) is 5.82 Å². The molecule has 1 aliphatic carbocycles. The Morgan fingerprint density at radius 2 is 2.10 bits per heavy atom. The van der Waals surface area contributed by atoms with Crippen molar-refractivity contribution in [1.29, 1.82) is 0 Å². The minimum Gasteiger partial charge on any atom is -0.370 e. The molecule has 0 atom stereocenters. The number of fused-ring (bicyclic) bond motifs is 1. The Morgan fingerprint density at radius 1 is 1.24 bits per heavy atom. The van der Waals surface area contributed by atoms with E-state index in [0.29, 0.717) is 0 Å². The Hall–Kier alpha value is -0.940. The minimum atomic E-state index is 0.866. The zero-order chi connectivity index (χ0) is 14.7. The highest BCUT2D eigenvalue weighted by Gasteiger charge is 2.17. The lowest BCUT2D eigenvalue weighted by molar-refractivity contribution is 0.709. The molecule has 2 aromatic heterocycles. The molecule has 1 N–H and O–H groups in total. The highest BCUT2D eigenvalue weighted by Crippen LogP contribution is 2.32. The third-order valence-electron chi connectivity index (χ3n) is 3.76. The van der Waals surface area contributed by atoms with Crippen molar-refractivity contribution < 1.29 is 0 Å². The van der Waals surface area contributed by atoms with E-state index in [-0.39, 0.29) is 0 Å². The summed E-state index contributed by atoms with van der Waals surface area (Å²) >= 11 is 5.21. The molecule has 112 valence electrons. The highest BCUT2D eigenvalue weighted by molar-refractivity contribution is 9.10. The van der Waals surface area contributed by atoms with Crippen LogP contribution >= 0.6 is 27.3 Å². The first-order chi connectivity index (χ1) is 10.3. The van der Waals surface area contributed by atoms with E-state index in [2.05, 4.69) is 39.6 Å². The Bertz CT molecular complexity index is 624. The normalized spacial score (nSPS) is 14.6. The molecule has 1 aliphatic rings. The van der Waals surface area contributed by atoms with Gasteiger partial charge < -0.3 is 5.32 Å². The Kier molecular flexibility index (Phi) is 4.91. The Morgan fingerprint density at radius 3 is 2.86 bits per heavy atom. The van der Waals surface area contributed by atoms with Gasteiger partial charge >= 0.3 is 0 Å². The first-order valence-corrected chi connectivity index (χ1v) is 9.33. The van der Waals surface area contributed by atoms with Crippen molar-refractivity contribution in [1.82, 2.24) is 9.97 Å². The van der Waals surface area contributed by atoms with Gasteiger partial charge in [0.05, 0.1) is 4.88 Å². The Balaban J connectivity index is 2.03. The maximum Gasteiger partial charge on any atom is 0.171 e. The van der Waals surface area contributed by atoms with E-state index in [1.54, 1.807) is 11.3 Å². The summed E-state index contributed by atoms with van der Waals surface area (Å²) < 4.78 is 1.10. The standard InChI is InChI=1S/C16H20BrN3S/c1-2-8-18-15-12-6-4-3-5-7-13(12)19-16(20-15)14-9-11(17)10-21-14/h9-10H,2-8H2,1H3,(H,18,19,20). The molecule has 21 heavy (non-hydrogen) atoms. The van der Waals surface area contributed by atoms with E-state index in [1.807, 2.05) is 0 Å². The van der Waals surface area contributed by atoms with Gasteiger partial charge in [-0.2, -0.15) is 0 Å². The second kappa shape index (κ2) is 6.88. The van der Waals surface area contributed by atoms with Gasteiger partial charge in [-0.3, -0.25) is 0 Å². The molecule has 0 saturated carbocycles. The van der Waals surface area contributed by atoms with Crippen molar-refractivity contribution in [3.8, 4) is 10.7 Å². The third kappa shape index (κ3) is 3.46. The van der Waals surface area contributed by atoms with Gasteiger partial charge in [0.25, 0.3) is 0 Å². The molecular weight excluding hydrogens is 346 g/mol. The van der Waals surface area contributed by atoms with Crippen LogP contribution < -0.4 is 5.32 Å². The molecule has 0 fully saturated rings. The van der Waals surface area contributed by atoms with Gasteiger partial charge in [-0.25, -0.2) is 9.97 Å². The summed E-state index contributed by atoms with van der Waals surface area (Å²) in [6, 6.07) is 2.10. The van der Waals surface area contributed by atoms with Crippen LogP contribution in [0.4, 0.5) is 5.82 Å². The van der Waals surface area contributed by atoms with Gasteiger partial charge in [0.2, 0.25) is 0 Å². The van der Waals surface area contributed by atoms with E-state index in [4.69, 9.17) is 9.97 Å². The minimum absolute atomic E-state index is 0.866. The van der Waals surface area contributed by atoms with Crippen LogP contribution in [0.1, 0.15) is 43.9 Å². The Labute approximate surface area is 138 Å². The molecule has 3 rings (SSSR count). The fourth-order valence-corrected chi connectivity index (χ4v) is 4.06. The molecule has 0 amide bonds. The molecule has 3 nitrogen and oxygen atoms in total. The maximum atomic E-state index is 4.86. The summed E-state index contributed by atoms with van der Waals surface area (Å²) in [6.45, 7) is 3.15. The number of nitrogens with one attached hydrogen (secondary N) is 1. The monoisotopic (exact) mass is 365 g/mol. The lowest BCUT2D eigenvalue weighted by Gasteiger charge is -2.14. The SMILES string of the molecule is CCCNc1nc(-c2cc(Br)cs2)nc2c1CCCCC2. The number of hydrogen-bond acceptors (Lipinski definition) is 4. The molecule has 0 unspecified atom stereocenters. The fraction of sp³-hybridized carbons (Fsp3) is 0.500. The van der Waals surface area contributed by atoms with Crippen molar-refractivity contribution >= 4 is 33.1 Å². The zero-order valence-corrected chi connectivity index (χ0v) is 14.7. The number of halogens is 1. The van der Waals surface area contributed by atoms with Crippen LogP contribution in [0.2, 0.25) is 0 Å². The first-order valence-electron chi connectivity index (χ1n) is 7.66. The average molecular weight is 366 g/mol. The molecule has 0 spiro atoms. The predicted octanol–water partition coefficient (Wildman–Crippen LogP) is 5.06. The quantitative estimate of drug-likeness (QED) is 0.769. The van der Waals surface area contributed by atoms with Crippen molar-refractivity contribution in [3.63, 3.8) is 0 Å². The summed E-state index contributed by atoms with van der Waals surface area (Å²) in [7, 11) is 0. The molecular formula is C16H20BrN3S. The topological polar surface area (TPSA) is 37.8 Å². The predicted molar refractivity (Wildman–Crippen MR) is 93.1 cm³/mol. The van der Waals surface area contributed by atoms with E-state index < -0.39 is 0 Å². The second-order valence-corrected chi connectivity index (χ2v) is 7.26. The summed E-state index contributed by atoms with van der Waals surface area (Å²) in [5.74, 6) is 1.92. The number of anilines is 1. The molecule has 2 heterocycles. The summed E-state index contributed by atoms with van der Waals surface area (Å²) in [5, 5.41) is 5.60. The van der Waals surface area contributed by atoms with Gasteiger partial charge in [-0.15, -0.1) is 11.3 Å². The molecule has 0 radical (unpaired) electrons.